The highest BCUT2D eigenvalue weighted by atomic mass is 16.7. The molecular weight excluding hydrogens is 362 g/mol. The number of aryl methyl sites for hydroxylation is 1. The van der Waals surface area contributed by atoms with Crippen LogP contribution in [0.25, 0.3) is 5.69 Å². The van der Waals surface area contributed by atoms with Gasteiger partial charge in [0, 0.05) is 31.9 Å². The number of fused-ring (bicyclic) bond motifs is 1. The van der Waals surface area contributed by atoms with Gasteiger partial charge in [-0.15, -0.1) is 0 Å². The molecule has 1 atom stereocenters. The lowest BCUT2D eigenvalue weighted by Crippen LogP contribution is -2.41. The average Bonchev–Trinajstić information content (AvgIpc) is 3.17. The van der Waals surface area contributed by atoms with E-state index in [1.807, 2.05) is 0 Å². The summed E-state index contributed by atoms with van der Waals surface area (Å²) in [6, 6.07) is 7.00. The number of nitrogens with zero attached hydrogens (tertiary/aromatic N) is 1. The molecule has 3 heterocycles. The van der Waals surface area contributed by atoms with E-state index >= 15 is 0 Å². The minimum absolute atomic E-state index is 0.0798. The van der Waals surface area contributed by atoms with Gasteiger partial charge in [0.25, 0.3) is 11.5 Å². The predicted molar refractivity (Wildman–Crippen MR) is 102 cm³/mol. The van der Waals surface area contributed by atoms with Gasteiger partial charge in [-0.05, 0) is 37.1 Å². The number of ether oxygens (including phenoxy) is 3. The fourth-order valence-electron chi connectivity index (χ4n) is 3.38. The molecule has 1 fully saturated rings. The van der Waals surface area contributed by atoms with Gasteiger partial charge in [-0.1, -0.05) is 0 Å². The van der Waals surface area contributed by atoms with Crippen molar-refractivity contribution in [2.75, 3.05) is 33.0 Å². The number of carbonyl (C=O) groups is 1. The van der Waals surface area contributed by atoms with Crippen LogP contribution in [0, 0.1) is 6.92 Å². The number of hydrogen-bond donors (Lipinski definition) is 2. The Bertz CT molecular complexity index is 934. The third-order valence-electron chi connectivity index (χ3n) is 4.92. The Morgan fingerprint density at radius 2 is 2.14 bits per heavy atom. The maximum atomic E-state index is 13.0. The Morgan fingerprint density at radius 3 is 2.96 bits per heavy atom. The molecular formula is C20H23N3O5. The number of carbonyl (C=O) groups excluding carboxylic acids is 1. The Hall–Kier alpha value is -2.84. The summed E-state index contributed by atoms with van der Waals surface area (Å²) in [6.07, 6.45) is 2.44. The Kier molecular flexibility index (Phi) is 5.31. The number of hydrogen-bond acceptors (Lipinski definition) is 6. The van der Waals surface area contributed by atoms with Crippen molar-refractivity contribution in [1.82, 2.24) is 15.2 Å². The van der Waals surface area contributed by atoms with E-state index in [4.69, 9.17) is 14.2 Å². The normalized spacial score (nSPS) is 18.1. The largest absolute Gasteiger partial charge is 0.454 e. The van der Waals surface area contributed by atoms with E-state index in [0.29, 0.717) is 42.3 Å². The molecule has 28 heavy (non-hydrogen) atoms. The van der Waals surface area contributed by atoms with Crippen molar-refractivity contribution in [1.29, 1.82) is 0 Å². The van der Waals surface area contributed by atoms with Crippen molar-refractivity contribution in [2.45, 2.75) is 19.4 Å². The van der Waals surface area contributed by atoms with Gasteiger partial charge in [0.05, 0.1) is 18.4 Å². The Morgan fingerprint density at radius 1 is 1.29 bits per heavy atom. The van der Waals surface area contributed by atoms with Crippen LogP contribution in [0.2, 0.25) is 0 Å². The lowest BCUT2D eigenvalue weighted by atomic mass is 10.1. The highest BCUT2D eigenvalue weighted by molar-refractivity contribution is 5.95. The number of benzene rings is 1. The van der Waals surface area contributed by atoms with Crippen LogP contribution in [-0.4, -0.2) is 49.6 Å². The van der Waals surface area contributed by atoms with Gasteiger partial charge < -0.3 is 24.8 Å². The molecule has 0 saturated carbocycles. The molecule has 2 N–H and O–H groups in total. The quantitative estimate of drug-likeness (QED) is 0.798. The molecule has 0 aliphatic carbocycles. The summed E-state index contributed by atoms with van der Waals surface area (Å²) in [5, 5.41) is 6.10. The second-order valence-electron chi connectivity index (χ2n) is 6.83. The third kappa shape index (κ3) is 3.74. The highest BCUT2D eigenvalue weighted by Crippen LogP contribution is 2.33. The number of pyridine rings is 1. The molecule has 0 bridgehead atoms. The summed E-state index contributed by atoms with van der Waals surface area (Å²) in [5.41, 5.74) is 1.02. The molecule has 1 amide bonds. The van der Waals surface area contributed by atoms with Gasteiger partial charge in [-0.3, -0.25) is 14.2 Å². The maximum Gasteiger partial charge on any atom is 0.268 e. The molecule has 148 valence electrons. The molecule has 4 rings (SSSR count). The van der Waals surface area contributed by atoms with Crippen molar-refractivity contribution >= 4 is 5.91 Å². The lowest BCUT2D eigenvalue weighted by Gasteiger charge is -2.23. The van der Waals surface area contributed by atoms with Gasteiger partial charge in [0.15, 0.2) is 11.5 Å². The molecule has 2 aliphatic heterocycles. The summed E-state index contributed by atoms with van der Waals surface area (Å²) in [4.78, 5) is 25.7. The molecule has 2 aromatic rings. The number of amides is 1. The first kappa shape index (κ1) is 18.5. The molecule has 0 spiro atoms. The predicted octanol–water partition coefficient (Wildman–Crippen LogP) is 0.983. The number of aromatic nitrogens is 1. The smallest absolute Gasteiger partial charge is 0.268 e. The number of rotatable bonds is 5. The second-order valence-corrected chi connectivity index (χ2v) is 6.83. The van der Waals surface area contributed by atoms with Gasteiger partial charge in [0.1, 0.15) is 5.56 Å². The zero-order valence-corrected chi connectivity index (χ0v) is 15.7. The summed E-state index contributed by atoms with van der Waals surface area (Å²) in [5.74, 6) is 0.847. The van der Waals surface area contributed by atoms with Crippen LogP contribution < -0.4 is 25.7 Å². The van der Waals surface area contributed by atoms with Crippen LogP contribution in [0.5, 0.6) is 11.5 Å². The molecule has 8 heteroatoms. The van der Waals surface area contributed by atoms with Crippen LogP contribution in [0.15, 0.2) is 35.3 Å². The minimum atomic E-state index is -0.374. The van der Waals surface area contributed by atoms with Crippen LogP contribution in [0.1, 0.15) is 22.3 Å². The minimum Gasteiger partial charge on any atom is -0.454 e. The third-order valence-corrected chi connectivity index (χ3v) is 4.92. The Balaban J connectivity index is 1.51. The molecule has 0 radical (unpaired) electrons. The standard InChI is InChI=1S/C20H23N3O5/c1-13-5-8-23(14-2-3-16-17(10-14)28-12-27-16)20(25)18(13)19(24)22-6-4-15-11-21-7-9-26-15/h2-3,5,8,10,15,21H,4,6-7,9,11-12H2,1H3,(H,22,24). The van der Waals surface area contributed by atoms with Crippen molar-refractivity contribution in [3.05, 3.63) is 51.9 Å². The molecule has 1 aromatic carbocycles. The first-order chi connectivity index (χ1) is 13.6. The molecule has 1 unspecified atom stereocenters. The molecule has 1 saturated heterocycles. The Labute approximate surface area is 162 Å². The SMILES string of the molecule is Cc1ccn(-c2ccc3c(c2)OCO3)c(=O)c1C(=O)NCCC1CNCCO1. The highest BCUT2D eigenvalue weighted by Gasteiger charge is 2.19. The van der Waals surface area contributed by atoms with Crippen molar-refractivity contribution in [3.63, 3.8) is 0 Å². The molecule has 1 aromatic heterocycles. The zero-order valence-electron chi connectivity index (χ0n) is 15.7. The van der Waals surface area contributed by atoms with Gasteiger partial charge in [-0.2, -0.15) is 0 Å². The van der Waals surface area contributed by atoms with Gasteiger partial charge in [0.2, 0.25) is 6.79 Å². The topological polar surface area (TPSA) is 90.8 Å². The van der Waals surface area contributed by atoms with Crippen LogP contribution in [0.3, 0.4) is 0 Å². The van der Waals surface area contributed by atoms with Crippen LogP contribution >= 0.6 is 0 Å². The van der Waals surface area contributed by atoms with Crippen LogP contribution in [0.4, 0.5) is 0 Å². The maximum absolute atomic E-state index is 13.0. The number of nitrogens with one attached hydrogen (secondary N) is 2. The summed E-state index contributed by atoms with van der Waals surface area (Å²) >= 11 is 0. The second kappa shape index (κ2) is 8.04. The van der Waals surface area contributed by atoms with E-state index in [2.05, 4.69) is 10.6 Å². The van der Waals surface area contributed by atoms with E-state index < -0.39 is 0 Å². The summed E-state index contributed by atoms with van der Waals surface area (Å²) < 4.78 is 17.8. The first-order valence-corrected chi connectivity index (χ1v) is 9.36. The van der Waals surface area contributed by atoms with Crippen molar-refractivity contribution in [3.8, 4) is 17.2 Å². The average molecular weight is 385 g/mol. The molecule has 2 aliphatic rings. The van der Waals surface area contributed by atoms with Crippen LogP contribution in [-0.2, 0) is 4.74 Å². The summed E-state index contributed by atoms with van der Waals surface area (Å²) in [7, 11) is 0. The van der Waals surface area contributed by atoms with E-state index in [1.54, 1.807) is 37.4 Å². The van der Waals surface area contributed by atoms with E-state index in [0.717, 1.165) is 13.1 Å². The van der Waals surface area contributed by atoms with Crippen molar-refractivity contribution in [2.24, 2.45) is 0 Å². The molecule has 8 nitrogen and oxygen atoms in total. The fourth-order valence-corrected chi connectivity index (χ4v) is 3.38. The fraction of sp³-hybridized carbons (Fsp3) is 0.400. The van der Waals surface area contributed by atoms with E-state index in [9.17, 15) is 9.59 Å². The zero-order chi connectivity index (χ0) is 19.5. The number of morpholine rings is 1. The monoisotopic (exact) mass is 385 g/mol. The van der Waals surface area contributed by atoms with Gasteiger partial charge in [-0.25, -0.2) is 0 Å². The lowest BCUT2D eigenvalue weighted by molar-refractivity contribution is 0.0239. The van der Waals surface area contributed by atoms with E-state index in [1.165, 1.54) is 4.57 Å². The van der Waals surface area contributed by atoms with Gasteiger partial charge >= 0.3 is 0 Å². The first-order valence-electron chi connectivity index (χ1n) is 9.36. The summed E-state index contributed by atoms with van der Waals surface area (Å²) in [6.45, 7) is 4.67. The van der Waals surface area contributed by atoms with E-state index in [-0.39, 0.29) is 29.9 Å². The van der Waals surface area contributed by atoms with Crippen molar-refractivity contribution < 1.29 is 19.0 Å².